The molecule has 2 aliphatic carbocycles. The number of carbonyl (C=O) groups excluding carboxylic acids is 3. The molecule has 10 nitrogen and oxygen atoms in total. The van der Waals surface area contributed by atoms with Crippen molar-refractivity contribution < 1.29 is 37.4 Å². The van der Waals surface area contributed by atoms with Crippen molar-refractivity contribution in [3.8, 4) is 11.8 Å². The molecule has 0 unspecified atom stereocenters. The summed E-state index contributed by atoms with van der Waals surface area (Å²) in [5.74, 6) is 0.502. The maximum atomic E-state index is 13.1. The molecule has 47 heavy (non-hydrogen) atoms. The molecule has 0 N–H and O–H groups in total. The molecule has 0 aromatic carbocycles. The lowest BCUT2D eigenvalue weighted by molar-refractivity contribution is -0.154. The molecule has 6 rings (SSSR count). The first-order valence-corrected chi connectivity index (χ1v) is 16.1. The normalized spacial score (nSPS) is 17.7. The summed E-state index contributed by atoms with van der Waals surface area (Å²) in [6.45, 7) is 8.48. The molecule has 0 spiro atoms. The topological polar surface area (TPSA) is 111 Å². The molecule has 2 fully saturated rings. The van der Waals surface area contributed by atoms with Gasteiger partial charge in [-0.2, -0.15) is 0 Å². The molecular formula is C35H42F2N4O6. The number of hydrogen-bond acceptors (Lipinski definition) is 8. The highest BCUT2D eigenvalue weighted by Crippen LogP contribution is 2.35. The maximum absolute atomic E-state index is 13.1. The Bertz CT molecular complexity index is 1560. The SMILES string of the molecule is CC(C)(C)OC(=O)CC/C(=C/F)COc1ccc2c(n1)CN(C1CC1)C2=O.CC/C(=C/F)COc1ccc2c(n1)CN(C1CC1)C2=O. The highest BCUT2D eigenvalue weighted by Gasteiger charge is 2.40. The predicted molar refractivity (Wildman–Crippen MR) is 169 cm³/mol. The summed E-state index contributed by atoms with van der Waals surface area (Å²) in [4.78, 5) is 48.6. The number of hydrogen-bond donors (Lipinski definition) is 0. The van der Waals surface area contributed by atoms with E-state index in [1.807, 2.05) is 16.7 Å². The van der Waals surface area contributed by atoms with Crippen molar-refractivity contribution in [2.75, 3.05) is 13.2 Å². The smallest absolute Gasteiger partial charge is 0.306 e. The van der Waals surface area contributed by atoms with Gasteiger partial charge in [0.1, 0.15) is 18.8 Å². The monoisotopic (exact) mass is 652 g/mol. The second kappa shape index (κ2) is 14.6. The zero-order valence-corrected chi connectivity index (χ0v) is 27.4. The van der Waals surface area contributed by atoms with Crippen LogP contribution in [0.5, 0.6) is 11.8 Å². The van der Waals surface area contributed by atoms with Crippen LogP contribution in [0, 0.1) is 0 Å². The number of nitrogens with zero attached hydrogens (tertiary/aromatic N) is 4. The van der Waals surface area contributed by atoms with E-state index in [4.69, 9.17) is 14.2 Å². The molecule has 0 atom stereocenters. The van der Waals surface area contributed by atoms with Crippen molar-refractivity contribution in [1.29, 1.82) is 0 Å². The molecule has 2 aromatic rings. The van der Waals surface area contributed by atoms with Crippen molar-refractivity contribution in [3.05, 3.63) is 70.6 Å². The second-order valence-corrected chi connectivity index (χ2v) is 13.2. The van der Waals surface area contributed by atoms with Crippen molar-refractivity contribution in [2.24, 2.45) is 0 Å². The standard InChI is InChI=1S/C20H25FN2O4.C15H17FN2O2/c1-20(2,3)27-18(24)9-4-13(10-21)12-26-17-8-7-15-16(22-17)11-23(19(15)25)14-5-6-14;1-2-10(7-16)9-20-14-6-5-12-13(17-14)8-18(15(12)19)11-3-4-11/h7-8,10,14H,4-6,9,11-12H2,1-3H3;5-7,11H,2-4,8-9H2,1H3/b13-10-;10-7-. The van der Waals surface area contributed by atoms with Gasteiger partial charge in [-0.05, 0) is 82.6 Å². The van der Waals surface area contributed by atoms with Crippen LogP contribution in [0.3, 0.4) is 0 Å². The number of halogens is 2. The van der Waals surface area contributed by atoms with Crippen LogP contribution in [-0.2, 0) is 22.6 Å². The number of amides is 2. The van der Waals surface area contributed by atoms with Gasteiger partial charge < -0.3 is 24.0 Å². The quantitative estimate of drug-likeness (QED) is 0.243. The molecule has 4 aliphatic rings. The number of carbonyl (C=O) groups is 3. The maximum Gasteiger partial charge on any atom is 0.306 e. The first-order chi connectivity index (χ1) is 22.5. The van der Waals surface area contributed by atoms with E-state index in [0.717, 1.165) is 31.4 Å². The number of pyridine rings is 2. The fourth-order valence-electron chi connectivity index (χ4n) is 5.25. The predicted octanol–water partition coefficient (Wildman–Crippen LogP) is 6.40. The van der Waals surface area contributed by atoms with Crippen molar-refractivity contribution in [2.45, 2.75) is 103 Å². The molecular weight excluding hydrogens is 610 g/mol. The van der Waals surface area contributed by atoms with Crippen LogP contribution in [0.4, 0.5) is 8.78 Å². The molecule has 2 aliphatic heterocycles. The average Bonchev–Trinajstić information content (AvgIpc) is 3.98. The minimum atomic E-state index is -0.562. The number of aromatic nitrogens is 2. The Hall–Kier alpha value is -4.35. The largest absolute Gasteiger partial charge is 0.473 e. The fourth-order valence-corrected chi connectivity index (χ4v) is 5.25. The second-order valence-electron chi connectivity index (χ2n) is 13.2. The summed E-state index contributed by atoms with van der Waals surface area (Å²) in [5, 5.41) is 0. The fraction of sp³-hybridized carbons (Fsp3) is 0.514. The van der Waals surface area contributed by atoms with E-state index < -0.39 is 5.60 Å². The lowest BCUT2D eigenvalue weighted by atomic mass is 10.1. The summed E-state index contributed by atoms with van der Waals surface area (Å²) in [5.41, 5.74) is 3.11. The Morgan fingerprint density at radius 1 is 0.809 bits per heavy atom. The van der Waals surface area contributed by atoms with Crippen molar-refractivity contribution in [1.82, 2.24) is 19.8 Å². The van der Waals surface area contributed by atoms with Crippen molar-refractivity contribution in [3.63, 3.8) is 0 Å². The van der Waals surface area contributed by atoms with Crippen LogP contribution >= 0.6 is 0 Å². The van der Waals surface area contributed by atoms with E-state index in [0.29, 0.717) is 84.0 Å². The van der Waals surface area contributed by atoms with E-state index in [-0.39, 0.29) is 43.8 Å². The van der Waals surface area contributed by atoms with Gasteiger partial charge in [-0.15, -0.1) is 0 Å². The number of rotatable bonds is 12. The third-order valence-electron chi connectivity index (χ3n) is 8.14. The van der Waals surface area contributed by atoms with Crippen LogP contribution in [-0.4, -0.2) is 68.4 Å². The summed E-state index contributed by atoms with van der Waals surface area (Å²) in [7, 11) is 0. The van der Waals surface area contributed by atoms with Crippen LogP contribution in [0.25, 0.3) is 0 Å². The van der Waals surface area contributed by atoms with E-state index in [2.05, 4.69) is 9.97 Å². The van der Waals surface area contributed by atoms with Gasteiger partial charge in [0.05, 0.1) is 48.3 Å². The summed E-state index contributed by atoms with van der Waals surface area (Å²) < 4.78 is 41.8. The molecule has 252 valence electrons. The van der Waals surface area contributed by atoms with E-state index in [9.17, 15) is 23.2 Å². The third kappa shape index (κ3) is 8.93. The molecule has 0 saturated heterocycles. The first-order valence-electron chi connectivity index (χ1n) is 16.1. The molecule has 12 heteroatoms. The van der Waals surface area contributed by atoms with E-state index >= 15 is 0 Å². The van der Waals surface area contributed by atoms with Crippen molar-refractivity contribution >= 4 is 17.8 Å². The zero-order chi connectivity index (χ0) is 33.7. The Morgan fingerprint density at radius 2 is 1.28 bits per heavy atom. The molecule has 2 amide bonds. The molecule has 4 heterocycles. The zero-order valence-electron chi connectivity index (χ0n) is 27.4. The van der Waals surface area contributed by atoms with Gasteiger partial charge >= 0.3 is 5.97 Å². The van der Waals surface area contributed by atoms with Gasteiger partial charge in [0, 0.05) is 30.6 Å². The van der Waals surface area contributed by atoms with Gasteiger partial charge in [0.25, 0.3) is 11.8 Å². The number of esters is 1. The molecule has 2 aromatic heterocycles. The highest BCUT2D eigenvalue weighted by atomic mass is 19.1. The van der Waals surface area contributed by atoms with Crippen LogP contribution in [0.15, 0.2) is 48.1 Å². The summed E-state index contributed by atoms with van der Waals surface area (Å²) in [6, 6.07) is 7.50. The van der Waals surface area contributed by atoms with Gasteiger partial charge in [0.15, 0.2) is 0 Å². The Balaban J connectivity index is 0.000000193. The highest BCUT2D eigenvalue weighted by molar-refractivity contribution is 5.98. The minimum Gasteiger partial charge on any atom is -0.473 e. The molecule has 2 saturated carbocycles. The van der Waals surface area contributed by atoms with Crippen LogP contribution < -0.4 is 9.47 Å². The summed E-state index contributed by atoms with van der Waals surface area (Å²) >= 11 is 0. The number of ether oxygens (including phenoxy) is 3. The van der Waals surface area contributed by atoms with Gasteiger partial charge in [-0.25, -0.2) is 18.7 Å². The molecule has 0 bridgehead atoms. The van der Waals surface area contributed by atoms with Gasteiger partial charge in [0.2, 0.25) is 11.8 Å². The number of fused-ring (bicyclic) bond motifs is 2. The lowest BCUT2D eigenvalue weighted by Crippen LogP contribution is -2.25. The average molecular weight is 653 g/mol. The lowest BCUT2D eigenvalue weighted by Gasteiger charge is -2.19. The van der Waals surface area contributed by atoms with Crippen LogP contribution in [0.1, 0.15) is 105 Å². The minimum absolute atomic E-state index is 0.00856. The molecule has 0 radical (unpaired) electrons. The van der Waals surface area contributed by atoms with E-state index in [1.165, 1.54) is 0 Å². The van der Waals surface area contributed by atoms with Gasteiger partial charge in [-0.3, -0.25) is 14.4 Å². The Kier molecular flexibility index (Phi) is 10.6. The van der Waals surface area contributed by atoms with Gasteiger partial charge in [-0.1, -0.05) is 6.92 Å². The Labute approximate surface area is 273 Å². The Morgan fingerprint density at radius 3 is 1.68 bits per heavy atom. The van der Waals surface area contributed by atoms with E-state index in [1.54, 1.807) is 45.0 Å². The first kappa shape index (κ1) is 34.0. The third-order valence-corrected chi connectivity index (χ3v) is 8.14. The van der Waals surface area contributed by atoms with Crippen LogP contribution in [0.2, 0.25) is 0 Å². The summed E-state index contributed by atoms with van der Waals surface area (Å²) in [6.07, 6.45) is 6.20.